The third-order valence-electron chi connectivity index (χ3n) is 2.75. The highest BCUT2D eigenvalue weighted by Gasteiger charge is 2.06. The summed E-state index contributed by atoms with van der Waals surface area (Å²) >= 11 is 0. The minimum Gasteiger partial charge on any atom is -0.485 e. The van der Waals surface area contributed by atoms with E-state index in [0.29, 0.717) is 18.3 Å². The largest absolute Gasteiger partial charge is 0.485 e. The van der Waals surface area contributed by atoms with Crippen molar-refractivity contribution in [3.8, 4) is 5.75 Å². The molecule has 5 heteroatoms. The lowest BCUT2D eigenvalue weighted by Crippen LogP contribution is -2.04. The Morgan fingerprint density at radius 1 is 1.32 bits per heavy atom. The number of hydrogen-bond acceptors (Lipinski definition) is 5. The first-order valence-corrected chi connectivity index (χ1v) is 6.49. The first kappa shape index (κ1) is 13.5. The van der Waals surface area contributed by atoms with Crippen LogP contribution in [0.25, 0.3) is 0 Å². The Balaban J connectivity index is 1.90. The Kier molecular flexibility index (Phi) is 4.52. The number of aryl methyl sites for hydroxylation is 1. The van der Waals surface area contributed by atoms with E-state index in [1.807, 2.05) is 31.2 Å². The van der Waals surface area contributed by atoms with Gasteiger partial charge in [-0.25, -0.2) is 0 Å². The fourth-order valence-electron chi connectivity index (χ4n) is 1.68. The Morgan fingerprint density at radius 2 is 2.05 bits per heavy atom. The summed E-state index contributed by atoms with van der Waals surface area (Å²) in [6.45, 7) is 4.33. The lowest BCUT2D eigenvalue weighted by atomic mass is 10.1. The molecule has 0 fully saturated rings. The van der Waals surface area contributed by atoms with Gasteiger partial charge in [0.25, 0.3) is 0 Å². The van der Waals surface area contributed by atoms with Crippen molar-refractivity contribution in [1.29, 1.82) is 0 Å². The molecule has 0 unspecified atom stereocenters. The van der Waals surface area contributed by atoms with Crippen molar-refractivity contribution < 1.29 is 9.26 Å². The van der Waals surface area contributed by atoms with Crippen molar-refractivity contribution in [2.45, 2.75) is 39.3 Å². The predicted octanol–water partition coefficient (Wildman–Crippen LogP) is 2.62. The van der Waals surface area contributed by atoms with Gasteiger partial charge in [-0.05, 0) is 31.0 Å². The zero-order valence-corrected chi connectivity index (χ0v) is 11.3. The molecule has 5 nitrogen and oxygen atoms in total. The standard InChI is InChI=1S/C14H19N3O2/c1-3-4-14-16-13(17-19-14)9-18-12-7-5-11(6-8-12)10(2)15/h5-8,10H,3-4,9,15H2,1-2H3/t10-/m0/s1. The second kappa shape index (κ2) is 6.33. The molecule has 19 heavy (non-hydrogen) atoms. The van der Waals surface area contributed by atoms with Crippen LogP contribution in [0, 0.1) is 0 Å². The predicted molar refractivity (Wildman–Crippen MR) is 71.7 cm³/mol. The van der Waals surface area contributed by atoms with Crippen molar-refractivity contribution in [2.75, 3.05) is 0 Å². The average molecular weight is 261 g/mol. The normalized spacial score (nSPS) is 12.4. The second-order valence-electron chi connectivity index (χ2n) is 4.50. The van der Waals surface area contributed by atoms with Gasteiger partial charge in [-0.1, -0.05) is 24.2 Å². The van der Waals surface area contributed by atoms with Crippen LogP contribution in [0.5, 0.6) is 5.75 Å². The molecule has 0 aliphatic heterocycles. The SMILES string of the molecule is CCCc1nc(COc2ccc([C@H](C)N)cc2)no1. The van der Waals surface area contributed by atoms with Gasteiger partial charge in [0.2, 0.25) is 11.7 Å². The van der Waals surface area contributed by atoms with E-state index < -0.39 is 0 Å². The van der Waals surface area contributed by atoms with Crippen molar-refractivity contribution in [1.82, 2.24) is 10.1 Å². The monoisotopic (exact) mass is 261 g/mol. The van der Waals surface area contributed by atoms with Gasteiger partial charge in [0, 0.05) is 12.5 Å². The molecule has 2 aromatic rings. The molecule has 2 rings (SSSR count). The lowest BCUT2D eigenvalue weighted by molar-refractivity contribution is 0.285. The van der Waals surface area contributed by atoms with Crippen molar-refractivity contribution >= 4 is 0 Å². The minimum atomic E-state index is 0.0304. The van der Waals surface area contributed by atoms with Gasteiger partial charge >= 0.3 is 0 Å². The third kappa shape index (κ3) is 3.79. The van der Waals surface area contributed by atoms with E-state index >= 15 is 0 Å². The summed E-state index contributed by atoms with van der Waals surface area (Å²) in [4.78, 5) is 4.24. The van der Waals surface area contributed by atoms with Gasteiger partial charge in [0.15, 0.2) is 6.61 Å². The second-order valence-corrected chi connectivity index (χ2v) is 4.50. The molecule has 1 atom stereocenters. The van der Waals surface area contributed by atoms with Crippen LogP contribution in [-0.2, 0) is 13.0 Å². The van der Waals surface area contributed by atoms with Crippen LogP contribution in [0.2, 0.25) is 0 Å². The Labute approximate surface area is 112 Å². The van der Waals surface area contributed by atoms with E-state index in [9.17, 15) is 0 Å². The van der Waals surface area contributed by atoms with E-state index in [0.717, 1.165) is 24.2 Å². The molecule has 0 radical (unpaired) electrons. The van der Waals surface area contributed by atoms with E-state index in [2.05, 4.69) is 17.1 Å². The molecule has 0 aliphatic carbocycles. The molecular formula is C14H19N3O2. The number of rotatable bonds is 6. The molecule has 0 bridgehead atoms. The number of aromatic nitrogens is 2. The molecule has 0 spiro atoms. The number of hydrogen-bond donors (Lipinski definition) is 1. The summed E-state index contributed by atoms with van der Waals surface area (Å²) in [5.74, 6) is 2.00. The highest BCUT2D eigenvalue weighted by molar-refractivity contribution is 5.28. The summed E-state index contributed by atoms with van der Waals surface area (Å²) in [5, 5.41) is 3.86. The summed E-state index contributed by atoms with van der Waals surface area (Å²) in [5.41, 5.74) is 6.87. The number of benzene rings is 1. The molecule has 0 amide bonds. The molecule has 2 N–H and O–H groups in total. The lowest BCUT2D eigenvalue weighted by Gasteiger charge is -2.07. The minimum absolute atomic E-state index is 0.0304. The van der Waals surface area contributed by atoms with Gasteiger partial charge in [-0.15, -0.1) is 0 Å². The van der Waals surface area contributed by atoms with Crippen LogP contribution in [0.3, 0.4) is 0 Å². The van der Waals surface area contributed by atoms with Gasteiger partial charge in [0.1, 0.15) is 5.75 Å². The van der Waals surface area contributed by atoms with Crippen LogP contribution < -0.4 is 10.5 Å². The summed E-state index contributed by atoms with van der Waals surface area (Å²) in [6.07, 6.45) is 1.79. The molecule has 1 heterocycles. The quantitative estimate of drug-likeness (QED) is 0.865. The van der Waals surface area contributed by atoms with Crippen LogP contribution in [0.4, 0.5) is 0 Å². The third-order valence-corrected chi connectivity index (χ3v) is 2.75. The van der Waals surface area contributed by atoms with E-state index in [1.165, 1.54) is 0 Å². The summed E-state index contributed by atoms with van der Waals surface area (Å²) in [7, 11) is 0. The molecule has 102 valence electrons. The van der Waals surface area contributed by atoms with Crippen molar-refractivity contribution in [3.63, 3.8) is 0 Å². The molecule has 1 aromatic carbocycles. The molecule has 0 saturated carbocycles. The maximum atomic E-state index is 5.79. The zero-order chi connectivity index (χ0) is 13.7. The molecule has 0 aliphatic rings. The fraction of sp³-hybridized carbons (Fsp3) is 0.429. The fourth-order valence-corrected chi connectivity index (χ4v) is 1.68. The highest BCUT2D eigenvalue weighted by atomic mass is 16.5. The average Bonchev–Trinajstić information content (AvgIpc) is 2.85. The number of nitrogens with two attached hydrogens (primary N) is 1. The maximum Gasteiger partial charge on any atom is 0.226 e. The van der Waals surface area contributed by atoms with Gasteiger partial charge in [-0.2, -0.15) is 4.98 Å². The highest BCUT2D eigenvalue weighted by Crippen LogP contribution is 2.16. The first-order chi connectivity index (χ1) is 9.19. The van der Waals surface area contributed by atoms with E-state index in [4.69, 9.17) is 15.0 Å². The Morgan fingerprint density at radius 3 is 2.68 bits per heavy atom. The smallest absolute Gasteiger partial charge is 0.226 e. The molecule has 1 aromatic heterocycles. The van der Waals surface area contributed by atoms with Crippen LogP contribution in [0.15, 0.2) is 28.8 Å². The number of ether oxygens (including phenoxy) is 1. The van der Waals surface area contributed by atoms with E-state index in [1.54, 1.807) is 0 Å². The Bertz CT molecular complexity index is 506. The van der Waals surface area contributed by atoms with E-state index in [-0.39, 0.29) is 6.04 Å². The molecular weight excluding hydrogens is 242 g/mol. The van der Waals surface area contributed by atoms with Crippen LogP contribution in [-0.4, -0.2) is 10.1 Å². The van der Waals surface area contributed by atoms with Crippen molar-refractivity contribution in [3.05, 3.63) is 41.5 Å². The molecule has 0 saturated heterocycles. The van der Waals surface area contributed by atoms with Gasteiger partial charge < -0.3 is 15.0 Å². The maximum absolute atomic E-state index is 5.79. The van der Waals surface area contributed by atoms with Gasteiger partial charge in [0.05, 0.1) is 0 Å². The van der Waals surface area contributed by atoms with Crippen LogP contribution >= 0.6 is 0 Å². The topological polar surface area (TPSA) is 74.2 Å². The van der Waals surface area contributed by atoms with Gasteiger partial charge in [-0.3, -0.25) is 0 Å². The van der Waals surface area contributed by atoms with Crippen LogP contribution in [0.1, 0.15) is 43.6 Å². The summed E-state index contributed by atoms with van der Waals surface area (Å²) in [6, 6.07) is 7.73. The summed E-state index contributed by atoms with van der Waals surface area (Å²) < 4.78 is 10.7. The number of nitrogens with zero attached hydrogens (tertiary/aromatic N) is 2. The van der Waals surface area contributed by atoms with Crippen molar-refractivity contribution in [2.24, 2.45) is 5.73 Å². The zero-order valence-electron chi connectivity index (χ0n) is 11.3. The first-order valence-electron chi connectivity index (χ1n) is 6.49. The Hall–Kier alpha value is -1.88.